The van der Waals surface area contributed by atoms with Crippen molar-refractivity contribution < 1.29 is 19.1 Å². The van der Waals surface area contributed by atoms with E-state index in [9.17, 15) is 14.4 Å². The minimum absolute atomic E-state index is 0.0354. The van der Waals surface area contributed by atoms with Gasteiger partial charge in [0.2, 0.25) is 11.8 Å². The molecule has 0 N–H and O–H groups in total. The summed E-state index contributed by atoms with van der Waals surface area (Å²) in [6, 6.07) is 19.7. The van der Waals surface area contributed by atoms with Gasteiger partial charge in [-0.3, -0.25) is 19.3 Å². The number of piperazine rings is 1. The Morgan fingerprint density at radius 1 is 0.957 bits per heavy atom. The summed E-state index contributed by atoms with van der Waals surface area (Å²) < 4.78 is 6.04. The van der Waals surface area contributed by atoms with Crippen LogP contribution < -0.4 is 14.5 Å². The zero-order chi connectivity index (χ0) is 33.2. The van der Waals surface area contributed by atoms with E-state index in [2.05, 4.69) is 29.0 Å². The smallest absolute Gasteiger partial charge is 0.236 e. The van der Waals surface area contributed by atoms with Gasteiger partial charge in [0.1, 0.15) is 5.75 Å². The Kier molecular flexibility index (Phi) is 9.90. The van der Waals surface area contributed by atoms with E-state index in [-0.39, 0.29) is 24.3 Å². The number of benzene rings is 3. The third kappa shape index (κ3) is 7.19. The number of fused-ring (bicyclic) bond motifs is 1. The highest BCUT2D eigenvalue weighted by atomic mass is 35.5. The third-order valence-corrected chi connectivity index (χ3v) is 10.3. The highest BCUT2D eigenvalue weighted by molar-refractivity contribution is 6.30. The number of aldehydes is 1. The first kappa shape index (κ1) is 33.0. The topological polar surface area (TPSA) is 73.4 Å². The molecule has 9 heteroatoms. The van der Waals surface area contributed by atoms with Crippen molar-refractivity contribution in [2.75, 3.05) is 50.1 Å². The maximum atomic E-state index is 13.9. The molecule has 2 heterocycles. The Hall–Kier alpha value is -3.88. The first-order valence-corrected chi connectivity index (χ1v) is 17.1. The molecule has 1 saturated heterocycles. The number of carbonyl (C=O) groups is 3. The number of halogens is 1. The SMILES string of the molecule is CC(C)Oc1cc2c(cc1C=O)CC(=O)N(c1ccc(N(C)CC3CCC(N4CCN(C)C(=O)C4)CC3)cc1)[C@H]2c1ccc(Cl)cc1. The zero-order valence-electron chi connectivity index (χ0n) is 27.8. The van der Waals surface area contributed by atoms with E-state index in [4.69, 9.17) is 16.3 Å². The summed E-state index contributed by atoms with van der Waals surface area (Å²) in [5.74, 6) is 1.32. The molecular weight excluding hydrogens is 612 g/mol. The van der Waals surface area contributed by atoms with Crippen molar-refractivity contribution in [3.8, 4) is 5.75 Å². The third-order valence-electron chi connectivity index (χ3n) is 10.0. The predicted molar refractivity (Wildman–Crippen MR) is 187 cm³/mol. The second-order valence-corrected chi connectivity index (χ2v) is 14.1. The maximum Gasteiger partial charge on any atom is 0.236 e. The van der Waals surface area contributed by atoms with Crippen LogP contribution in [-0.4, -0.2) is 80.3 Å². The molecule has 3 aromatic rings. The molecule has 0 radical (unpaired) electrons. The summed E-state index contributed by atoms with van der Waals surface area (Å²) in [6.45, 7) is 7.18. The lowest BCUT2D eigenvalue weighted by Crippen LogP contribution is -2.53. The molecule has 0 unspecified atom stereocenters. The van der Waals surface area contributed by atoms with Crippen LogP contribution >= 0.6 is 11.6 Å². The Morgan fingerprint density at radius 2 is 1.66 bits per heavy atom. The fraction of sp³-hybridized carbons (Fsp3) is 0.447. The monoisotopic (exact) mass is 656 g/mol. The lowest BCUT2D eigenvalue weighted by Gasteiger charge is -2.41. The van der Waals surface area contributed by atoms with Crippen LogP contribution in [0.4, 0.5) is 11.4 Å². The number of hydrogen-bond acceptors (Lipinski definition) is 6. The standard InChI is InChI=1S/C38H45ClN4O4/c1-25(2)47-35-21-34-28(19-29(35)24-44)20-36(45)43(38(34)27-7-9-30(39)10-8-27)33-15-13-31(14-16-33)41(4)22-26-5-11-32(12-6-26)42-18-17-40(3)37(46)23-42/h7-10,13-16,19,21,24-26,32,38H,5-6,11-12,17-18,20,22-23H2,1-4H3/t26?,32?,38-/m0/s1. The summed E-state index contributed by atoms with van der Waals surface area (Å²) in [5.41, 5.74) is 5.06. The highest BCUT2D eigenvalue weighted by Crippen LogP contribution is 2.42. The largest absolute Gasteiger partial charge is 0.490 e. The van der Waals surface area contributed by atoms with Crippen molar-refractivity contribution in [1.29, 1.82) is 0 Å². The molecule has 3 aromatic carbocycles. The number of ether oxygens (including phenoxy) is 1. The van der Waals surface area contributed by atoms with Gasteiger partial charge in [-0.1, -0.05) is 23.7 Å². The molecule has 0 spiro atoms. The van der Waals surface area contributed by atoms with Gasteiger partial charge >= 0.3 is 0 Å². The quantitative estimate of drug-likeness (QED) is 0.249. The van der Waals surface area contributed by atoms with Crippen molar-refractivity contribution in [1.82, 2.24) is 9.80 Å². The van der Waals surface area contributed by atoms with E-state index < -0.39 is 6.04 Å². The number of amides is 2. The molecule has 0 aromatic heterocycles. The Bertz CT molecular complexity index is 1600. The van der Waals surface area contributed by atoms with Gasteiger partial charge in [-0.25, -0.2) is 0 Å². The fourth-order valence-corrected chi connectivity index (χ4v) is 7.58. The molecule has 0 bridgehead atoms. The van der Waals surface area contributed by atoms with Crippen LogP contribution in [0.3, 0.4) is 0 Å². The fourth-order valence-electron chi connectivity index (χ4n) is 7.45. The summed E-state index contributed by atoms with van der Waals surface area (Å²) >= 11 is 6.26. The highest BCUT2D eigenvalue weighted by Gasteiger charge is 2.36. The second-order valence-electron chi connectivity index (χ2n) is 13.6. The van der Waals surface area contributed by atoms with Crippen LogP contribution in [0.1, 0.15) is 72.6 Å². The average Bonchev–Trinajstić information content (AvgIpc) is 3.06. The molecule has 2 amide bonds. The summed E-state index contributed by atoms with van der Waals surface area (Å²) in [7, 11) is 4.03. The van der Waals surface area contributed by atoms with E-state index in [1.165, 1.54) is 0 Å². The van der Waals surface area contributed by atoms with Crippen LogP contribution in [0.15, 0.2) is 60.7 Å². The summed E-state index contributed by atoms with van der Waals surface area (Å²) in [5, 5.41) is 0.623. The molecule has 1 aliphatic carbocycles. The van der Waals surface area contributed by atoms with Gasteiger partial charge in [-0.05, 0) is 111 Å². The van der Waals surface area contributed by atoms with Crippen molar-refractivity contribution in [3.63, 3.8) is 0 Å². The first-order chi connectivity index (χ1) is 22.6. The van der Waals surface area contributed by atoms with Gasteiger partial charge in [0.05, 0.1) is 30.7 Å². The average molecular weight is 657 g/mol. The molecule has 8 nitrogen and oxygen atoms in total. The Balaban J connectivity index is 1.20. The number of likely N-dealkylation sites (N-methyl/N-ethyl adjacent to an activating group) is 1. The predicted octanol–water partition coefficient (Wildman–Crippen LogP) is 6.39. The van der Waals surface area contributed by atoms with Crippen LogP contribution in [0.2, 0.25) is 5.02 Å². The molecule has 3 aliphatic rings. The molecule has 6 rings (SSSR count). The van der Waals surface area contributed by atoms with Crippen LogP contribution in [-0.2, 0) is 16.0 Å². The number of rotatable bonds is 9. The van der Waals surface area contributed by atoms with Gasteiger partial charge in [0.25, 0.3) is 0 Å². The molecule has 2 aliphatic heterocycles. The second kappa shape index (κ2) is 14.1. The number of anilines is 2. The van der Waals surface area contributed by atoms with E-state index in [0.717, 1.165) is 79.7 Å². The molecule has 1 saturated carbocycles. The zero-order valence-corrected chi connectivity index (χ0v) is 28.6. The first-order valence-electron chi connectivity index (χ1n) is 16.8. The van der Waals surface area contributed by atoms with Crippen LogP contribution in [0.25, 0.3) is 0 Å². The van der Waals surface area contributed by atoms with Crippen molar-refractivity contribution >= 4 is 41.1 Å². The Morgan fingerprint density at radius 3 is 2.30 bits per heavy atom. The normalized spacial score (nSPS) is 22.0. The maximum absolute atomic E-state index is 13.9. The summed E-state index contributed by atoms with van der Waals surface area (Å²) in [4.78, 5) is 46.4. The van der Waals surface area contributed by atoms with E-state index in [0.29, 0.717) is 34.8 Å². The van der Waals surface area contributed by atoms with Gasteiger partial charge < -0.3 is 19.4 Å². The molecule has 1 atom stereocenters. The van der Waals surface area contributed by atoms with E-state index in [1.807, 2.05) is 73.2 Å². The van der Waals surface area contributed by atoms with Crippen molar-refractivity contribution in [2.45, 2.75) is 64.1 Å². The van der Waals surface area contributed by atoms with E-state index in [1.54, 1.807) is 6.07 Å². The van der Waals surface area contributed by atoms with Crippen LogP contribution in [0, 0.1) is 5.92 Å². The molecule has 2 fully saturated rings. The molecular formula is C38H45ClN4O4. The van der Waals surface area contributed by atoms with Crippen LogP contribution in [0.5, 0.6) is 5.75 Å². The Labute approximate surface area is 283 Å². The van der Waals surface area contributed by atoms with E-state index >= 15 is 0 Å². The molecule has 47 heavy (non-hydrogen) atoms. The van der Waals surface area contributed by atoms with Gasteiger partial charge in [-0.2, -0.15) is 0 Å². The van der Waals surface area contributed by atoms with Gasteiger partial charge in [0.15, 0.2) is 6.29 Å². The lowest BCUT2D eigenvalue weighted by molar-refractivity contribution is -0.135. The van der Waals surface area contributed by atoms with Gasteiger partial charge in [0, 0.05) is 56.2 Å². The molecule has 248 valence electrons. The van der Waals surface area contributed by atoms with Crippen molar-refractivity contribution in [3.05, 3.63) is 87.9 Å². The minimum Gasteiger partial charge on any atom is -0.490 e. The number of hydrogen-bond donors (Lipinski definition) is 0. The summed E-state index contributed by atoms with van der Waals surface area (Å²) in [6.07, 6.45) is 5.47. The lowest BCUT2D eigenvalue weighted by atomic mass is 9.84. The number of carbonyl (C=O) groups excluding carboxylic acids is 3. The van der Waals surface area contributed by atoms with Gasteiger partial charge in [-0.15, -0.1) is 0 Å². The minimum atomic E-state index is -0.409. The van der Waals surface area contributed by atoms with Crippen molar-refractivity contribution in [2.24, 2.45) is 5.92 Å². The number of nitrogens with zero attached hydrogens (tertiary/aromatic N) is 4.